The molecule has 4 heteroatoms. The highest BCUT2D eigenvalue weighted by atomic mass is 35.5. The number of benzene rings is 2. The molecule has 0 N–H and O–H groups in total. The molecule has 3 rings (SSSR count). The molecule has 1 atom stereocenters. The van der Waals surface area contributed by atoms with Gasteiger partial charge < -0.3 is 4.90 Å². The van der Waals surface area contributed by atoms with Gasteiger partial charge in [-0.1, -0.05) is 29.8 Å². The Hall–Kier alpha value is -1.45. The number of hydrogen-bond donors (Lipinski definition) is 0. The van der Waals surface area contributed by atoms with E-state index in [9.17, 15) is 4.79 Å². The summed E-state index contributed by atoms with van der Waals surface area (Å²) >= 11 is 7.83. The fraction of sp³-hybridized carbons (Fsp3) is 0.188. The largest absolute Gasteiger partial charge is 0.315 e. The second-order valence-electron chi connectivity index (χ2n) is 4.78. The monoisotopic (exact) mass is 303 g/mol. The van der Waals surface area contributed by atoms with Gasteiger partial charge >= 0.3 is 0 Å². The Balaban J connectivity index is 1.98. The van der Waals surface area contributed by atoms with Gasteiger partial charge in [-0.15, -0.1) is 11.8 Å². The number of halogens is 1. The molecule has 0 spiro atoms. The summed E-state index contributed by atoms with van der Waals surface area (Å²) in [6.07, 6.45) is 0.503. The maximum atomic E-state index is 12.1. The molecular weight excluding hydrogens is 290 g/mol. The lowest BCUT2D eigenvalue weighted by atomic mass is 10.0. The van der Waals surface area contributed by atoms with E-state index in [0.29, 0.717) is 11.4 Å². The van der Waals surface area contributed by atoms with E-state index in [1.165, 1.54) is 4.90 Å². The van der Waals surface area contributed by atoms with E-state index < -0.39 is 0 Å². The first-order valence-corrected chi connectivity index (χ1v) is 7.68. The second-order valence-corrected chi connectivity index (χ2v) is 6.49. The average molecular weight is 304 g/mol. The zero-order valence-corrected chi connectivity index (χ0v) is 12.6. The predicted octanol–water partition coefficient (Wildman–Crippen LogP) is 4.54. The molecule has 0 unspecified atom stereocenters. The Labute approximate surface area is 127 Å². The Morgan fingerprint density at radius 2 is 1.95 bits per heavy atom. The number of carbonyl (C=O) groups excluding carboxylic acids is 1. The van der Waals surface area contributed by atoms with E-state index in [2.05, 4.69) is 12.1 Å². The van der Waals surface area contributed by atoms with Crippen LogP contribution < -0.4 is 4.90 Å². The topological polar surface area (TPSA) is 20.3 Å². The minimum absolute atomic E-state index is 0.120. The summed E-state index contributed by atoms with van der Waals surface area (Å²) < 4.78 is 0. The Kier molecular flexibility index (Phi) is 3.72. The molecule has 102 valence electrons. The van der Waals surface area contributed by atoms with Crippen molar-refractivity contribution in [2.75, 3.05) is 11.9 Å². The lowest BCUT2D eigenvalue weighted by Crippen LogP contribution is -2.32. The van der Waals surface area contributed by atoms with E-state index in [1.54, 1.807) is 16.7 Å². The highest BCUT2D eigenvalue weighted by molar-refractivity contribution is 7.99. The third-order valence-electron chi connectivity index (χ3n) is 3.45. The molecule has 0 saturated carbocycles. The molecule has 1 heterocycles. The summed E-state index contributed by atoms with van der Waals surface area (Å²) in [4.78, 5) is 15.0. The van der Waals surface area contributed by atoms with Crippen LogP contribution in [-0.2, 0) is 4.79 Å². The van der Waals surface area contributed by atoms with Gasteiger partial charge in [0.2, 0.25) is 5.91 Å². The molecule has 1 amide bonds. The van der Waals surface area contributed by atoms with Gasteiger partial charge in [0, 0.05) is 34.3 Å². The molecule has 0 fully saturated rings. The molecule has 1 aliphatic heterocycles. The van der Waals surface area contributed by atoms with Crippen molar-refractivity contribution < 1.29 is 4.79 Å². The van der Waals surface area contributed by atoms with Crippen LogP contribution in [-0.4, -0.2) is 13.0 Å². The molecule has 1 aliphatic rings. The van der Waals surface area contributed by atoms with Crippen LogP contribution in [0.2, 0.25) is 5.02 Å². The summed E-state index contributed by atoms with van der Waals surface area (Å²) in [5.74, 6) is 0.147. The molecular formula is C16H14ClNOS. The van der Waals surface area contributed by atoms with Crippen molar-refractivity contribution in [2.24, 2.45) is 0 Å². The van der Waals surface area contributed by atoms with Crippen molar-refractivity contribution in [1.29, 1.82) is 0 Å². The number of hydrogen-bond acceptors (Lipinski definition) is 2. The lowest BCUT2D eigenvalue weighted by molar-refractivity contribution is -0.118. The summed E-state index contributed by atoms with van der Waals surface area (Å²) in [7, 11) is 1.82. The van der Waals surface area contributed by atoms with Gasteiger partial charge in [-0.25, -0.2) is 0 Å². The van der Waals surface area contributed by atoms with Gasteiger partial charge in [0.25, 0.3) is 0 Å². The SMILES string of the molecule is CN1C(=O)C[C@@H](Sc2ccccc2)c2cc(Cl)ccc21. The lowest BCUT2D eigenvalue weighted by Gasteiger charge is -2.31. The van der Waals surface area contributed by atoms with Crippen molar-refractivity contribution in [3.05, 3.63) is 59.1 Å². The summed E-state index contributed by atoms with van der Waals surface area (Å²) in [5, 5.41) is 0.833. The molecule has 0 saturated heterocycles. The molecule has 20 heavy (non-hydrogen) atoms. The quantitative estimate of drug-likeness (QED) is 0.812. The molecule has 0 radical (unpaired) electrons. The first-order chi connectivity index (χ1) is 9.65. The fourth-order valence-electron chi connectivity index (χ4n) is 2.40. The summed E-state index contributed by atoms with van der Waals surface area (Å²) in [6.45, 7) is 0. The second kappa shape index (κ2) is 5.51. The van der Waals surface area contributed by atoms with Crippen LogP contribution in [0.25, 0.3) is 0 Å². The third-order valence-corrected chi connectivity index (χ3v) is 4.94. The summed E-state index contributed by atoms with van der Waals surface area (Å²) in [5.41, 5.74) is 2.09. The summed E-state index contributed by atoms with van der Waals surface area (Å²) in [6, 6.07) is 15.9. The number of fused-ring (bicyclic) bond motifs is 1. The van der Waals surface area contributed by atoms with Crippen LogP contribution in [0.4, 0.5) is 5.69 Å². The number of carbonyl (C=O) groups is 1. The predicted molar refractivity (Wildman–Crippen MR) is 84.5 cm³/mol. The van der Waals surface area contributed by atoms with E-state index in [-0.39, 0.29) is 11.2 Å². The number of thioether (sulfide) groups is 1. The van der Waals surface area contributed by atoms with Crippen molar-refractivity contribution in [1.82, 2.24) is 0 Å². The van der Waals surface area contributed by atoms with Crippen LogP contribution in [0.15, 0.2) is 53.4 Å². The van der Waals surface area contributed by atoms with E-state index in [4.69, 9.17) is 11.6 Å². The number of nitrogens with zero attached hydrogens (tertiary/aromatic N) is 1. The van der Waals surface area contributed by atoms with E-state index in [0.717, 1.165) is 11.3 Å². The fourth-order valence-corrected chi connectivity index (χ4v) is 3.76. The van der Waals surface area contributed by atoms with Crippen molar-refractivity contribution in [3.8, 4) is 0 Å². The minimum Gasteiger partial charge on any atom is -0.315 e. The zero-order chi connectivity index (χ0) is 14.1. The van der Waals surface area contributed by atoms with Gasteiger partial charge in [0.15, 0.2) is 0 Å². The Morgan fingerprint density at radius 1 is 1.20 bits per heavy atom. The average Bonchev–Trinajstić information content (AvgIpc) is 2.45. The highest BCUT2D eigenvalue weighted by Crippen LogP contribution is 2.45. The van der Waals surface area contributed by atoms with Crippen molar-refractivity contribution in [2.45, 2.75) is 16.6 Å². The highest BCUT2D eigenvalue weighted by Gasteiger charge is 2.29. The van der Waals surface area contributed by atoms with Crippen LogP contribution in [0, 0.1) is 0 Å². The smallest absolute Gasteiger partial charge is 0.228 e. The van der Waals surface area contributed by atoms with Crippen molar-refractivity contribution >= 4 is 35.0 Å². The van der Waals surface area contributed by atoms with Gasteiger partial charge in [0.05, 0.1) is 0 Å². The number of amides is 1. The zero-order valence-electron chi connectivity index (χ0n) is 11.0. The van der Waals surface area contributed by atoms with Crippen LogP contribution >= 0.6 is 23.4 Å². The minimum atomic E-state index is 0.120. The molecule has 2 nitrogen and oxygen atoms in total. The molecule has 0 aromatic heterocycles. The molecule has 0 aliphatic carbocycles. The molecule has 2 aromatic carbocycles. The normalized spacial score (nSPS) is 18.0. The van der Waals surface area contributed by atoms with E-state index in [1.807, 2.05) is 43.4 Å². The van der Waals surface area contributed by atoms with Crippen molar-refractivity contribution in [3.63, 3.8) is 0 Å². The van der Waals surface area contributed by atoms with Crippen LogP contribution in [0.5, 0.6) is 0 Å². The maximum Gasteiger partial charge on any atom is 0.228 e. The first kappa shape index (κ1) is 13.5. The first-order valence-electron chi connectivity index (χ1n) is 6.43. The third kappa shape index (κ3) is 2.56. The van der Waals surface area contributed by atoms with Gasteiger partial charge in [-0.05, 0) is 35.9 Å². The Morgan fingerprint density at radius 3 is 2.70 bits per heavy atom. The Bertz CT molecular complexity index is 644. The number of anilines is 1. The van der Waals surface area contributed by atoms with E-state index >= 15 is 0 Å². The van der Waals surface area contributed by atoms with Gasteiger partial charge in [-0.2, -0.15) is 0 Å². The maximum absolute atomic E-state index is 12.1. The van der Waals surface area contributed by atoms with Gasteiger partial charge in [0.1, 0.15) is 0 Å². The van der Waals surface area contributed by atoms with Crippen LogP contribution in [0.1, 0.15) is 17.2 Å². The van der Waals surface area contributed by atoms with Crippen LogP contribution in [0.3, 0.4) is 0 Å². The number of rotatable bonds is 2. The molecule has 0 bridgehead atoms. The standard InChI is InChI=1S/C16H14ClNOS/c1-18-14-8-7-11(17)9-13(14)15(10-16(18)19)20-12-5-3-2-4-6-12/h2-9,15H,10H2,1H3/t15-/m1/s1. The molecule has 2 aromatic rings. The van der Waals surface area contributed by atoms with Gasteiger partial charge in [-0.3, -0.25) is 4.79 Å².